The summed E-state index contributed by atoms with van der Waals surface area (Å²) in [6.45, 7) is 2.41. The third kappa shape index (κ3) is 5.33. The first kappa shape index (κ1) is 23.0. The van der Waals surface area contributed by atoms with Gasteiger partial charge in [-0.15, -0.1) is 0 Å². The van der Waals surface area contributed by atoms with Crippen LogP contribution in [0.2, 0.25) is 5.02 Å². The first-order valence-electron chi connectivity index (χ1n) is 9.50. The minimum atomic E-state index is -3.96. The minimum Gasteiger partial charge on any atom is -0.450 e. The molecule has 2 aromatic rings. The number of ether oxygens (including phenoxy) is 1. The van der Waals surface area contributed by atoms with Crippen LogP contribution in [0.5, 0.6) is 0 Å². The number of carbonyl (C=O) groups excluding carboxylic acids is 2. The zero-order chi connectivity index (χ0) is 22.6. The summed E-state index contributed by atoms with van der Waals surface area (Å²) in [6, 6.07) is 9.34. The highest BCUT2D eigenvalue weighted by molar-refractivity contribution is 7.89. The topological polar surface area (TPSA) is 96.0 Å². The Morgan fingerprint density at radius 2 is 1.74 bits per heavy atom. The summed E-state index contributed by atoms with van der Waals surface area (Å²) in [5.41, 5.74) is 0.131. The molecule has 166 valence electrons. The second kappa shape index (κ2) is 9.63. The van der Waals surface area contributed by atoms with Crippen LogP contribution < -0.4 is 5.32 Å². The van der Waals surface area contributed by atoms with E-state index in [0.717, 1.165) is 6.07 Å². The highest BCUT2D eigenvalue weighted by Gasteiger charge is 2.31. The van der Waals surface area contributed by atoms with Crippen LogP contribution in [0.1, 0.15) is 17.3 Å². The van der Waals surface area contributed by atoms with Gasteiger partial charge < -0.3 is 15.0 Å². The fourth-order valence-electron chi connectivity index (χ4n) is 3.03. The van der Waals surface area contributed by atoms with E-state index < -0.39 is 27.8 Å². The zero-order valence-corrected chi connectivity index (χ0v) is 18.2. The average Bonchev–Trinajstić information content (AvgIpc) is 2.75. The van der Waals surface area contributed by atoms with Gasteiger partial charge in [0.05, 0.1) is 17.2 Å². The van der Waals surface area contributed by atoms with Crippen LogP contribution in [0.15, 0.2) is 47.4 Å². The van der Waals surface area contributed by atoms with E-state index in [-0.39, 0.29) is 48.9 Å². The Kier molecular flexibility index (Phi) is 7.14. The van der Waals surface area contributed by atoms with Gasteiger partial charge in [0.15, 0.2) is 0 Å². The van der Waals surface area contributed by atoms with Crippen molar-refractivity contribution in [1.82, 2.24) is 9.21 Å². The van der Waals surface area contributed by atoms with E-state index in [1.165, 1.54) is 45.6 Å². The predicted octanol–water partition coefficient (Wildman–Crippen LogP) is 3.19. The van der Waals surface area contributed by atoms with Crippen LogP contribution in [-0.2, 0) is 14.8 Å². The first-order valence-corrected chi connectivity index (χ1v) is 11.3. The molecule has 0 saturated carbocycles. The molecule has 2 aromatic carbocycles. The third-order valence-corrected chi connectivity index (χ3v) is 6.84. The maximum absolute atomic E-state index is 14.6. The summed E-state index contributed by atoms with van der Waals surface area (Å²) in [4.78, 5) is 25.2. The Bertz CT molecular complexity index is 1070. The largest absolute Gasteiger partial charge is 0.450 e. The number of benzene rings is 2. The maximum atomic E-state index is 14.6. The van der Waals surface area contributed by atoms with Crippen LogP contribution in [0.4, 0.5) is 14.9 Å². The lowest BCUT2D eigenvalue weighted by atomic mass is 10.2. The van der Waals surface area contributed by atoms with Crippen molar-refractivity contribution in [1.29, 1.82) is 0 Å². The van der Waals surface area contributed by atoms with E-state index >= 15 is 0 Å². The van der Waals surface area contributed by atoms with Crippen molar-refractivity contribution in [2.45, 2.75) is 11.8 Å². The SMILES string of the molecule is CCOC(=O)N1CCN(S(=O)(=O)c2ccc(NC(=O)c3ccc(Cl)cc3)c(F)c2)CC1. The van der Waals surface area contributed by atoms with Crippen molar-refractivity contribution in [2.75, 3.05) is 38.1 Å². The quantitative estimate of drug-likeness (QED) is 0.725. The fraction of sp³-hybridized carbons (Fsp3) is 0.300. The molecule has 0 radical (unpaired) electrons. The lowest BCUT2D eigenvalue weighted by Crippen LogP contribution is -2.50. The summed E-state index contributed by atoms with van der Waals surface area (Å²) in [7, 11) is -3.96. The van der Waals surface area contributed by atoms with E-state index in [0.29, 0.717) is 5.02 Å². The van der Waals surface area contributed by atoms with Crippen LogP contribution in [0.25, 0.3) is 0 Å². The Morgan fingerprint density at radius 3 is 2.32 bits per heavy atom. The molecule has 8 nitrogen and oxygen atoms in total. The van der Waals surface area contributed by atoms with Gasteiger partial charge in [0.25, 0.3) is 5.91 Å². The summed E-state index contributed by atoms with van der Waals surface area (Å²) in [5, 5.41) is 2.87. The summed E-state index contributed by atoms with van der Waals surface area (Å²) < 4.78 is 46.4. The highest BCUT2D eigenvalue weighted by atomic mass is 35.5. The Morgan fingerprint density at radius 1 is 1.10 bits per heavy atom. The zero-order valence-electron chi connectivity index (χ0n) is 16.7. The molecule has 0 spiro atoms. The molecule has 0 aromatic heterocycles. The second-order valence-corrected chi connectivity index (χ2v) is 9.07. The number of nitrogens with one attached hydrogen (secondary N) is 1. The van der Waals surface area contributed by atoms with E-state index in [9.17, 15) is 22.4 Å². The van der Waals surface area contributed by atoms with Crippen molar-refractivity contribution < 1.29 is 27.1 Å². The molecule has 1 N–H and O–H groups in total. The van der Waals surface area contributed by atoms with E-state index in [2.05, 4.69) is 5.32 Å². The first-order chi connectivity index (χ1) is 14.7. The highest BCUT2D eigenvalue weighted by Crippen LogP contribution is 2.23. The molecule has 1 fully saturated rings. The Balaban J connectivity index is 1.69. The van der Waals surface area contributed by atoms with Gasteiger partial charge in [-0.1, -0.05) is 11.6 Å². The number of sulfonamides is 1. The molecule has 1 saturated heterocycles. The van der Waals surface area contributed by atoms with Crippen LogP contribution in [-0.4, -0.2) is 62.4 Å². The minimum absolute atomic E-state index is 0.0673. The van der Waals surface area contributed by atoms with Crippen molar-refractivity contribution in [3.05, 3.63) is 58.9 Å². The van der Waals surface area contributed by atoms with Gasteiger partial charge in [0.1, 0.15) is 5.82 Å². The average molecular weight is 470 g/mol. The number of piperazine rings is 1. The molecule has 0 atom stereocenters. The van der Waals surface area contributed by atoms with Gasteiger partial charge in [-0.2, -0.15) is 4.31 Å². The van der Waals surface area contributed by atoms with Gasteiger partial charge >= 0.3 is 6.09 Å². The molecule has 0 unspecified atom stereocenters. The summed E-state index contributed by atoms with van der Waals surface area (Å²) in [5.74, 6) is -1.44. The molecule has 0 aliphatic carbocycles. The number of amides is 2. The number of anilines is 1. The lowest BCUT2D eigenvalue weighted by molar-refractivity contribution is 0.0933. The smallest absolute Gasteiger partial charge is 0.409 e. The molecule has 2 amide bonds. The van der Waals surface area contributed by atoms with Crippen LogP contribution in [0, 0.1) is 5.82 Å². The standard InChI is InChI=1S/C20H21ClFN3O5S/c1-2-30-20(27)24-9-11-25(12-10-24)31(28,29)16-7-8-18(17(22)13-16)23-19(26)14-3-5-15(21)6-4-14/h3-8,13H,2,9-12H2,1H3,(H,23,26). The van der Waals surface area contributed by atoms with Crippen molar-refractivity contribution >= 4 is 39.3 Å². The third-order valence-electron chi connectivity index (χ3n) is 4.70. The summed E-state index contributed by atoms with van der Waals surface area (Å²) >= 11 is 5.79. The molecule has 1 heterocycles. The molecule has 1 aliphatic heterocycles. The van der Waals surface area contributed by atoms with E-state index in [1.807, 2.05) is 0 Å². The second-order valence-electron chi connectivity index (χ2n) is 6.69. The molecule has 0 bridgehead atoms. The molecule has 1 aliphatic rings. The van der Waals surface area contributed by atoms with Gasteiger partial charge in [-0.25, -0.2) is 17.6 Å². The van der Waals surface area contributed by atoms with Crippen molar-refractivity contribution in [3.63, 3.8) is 0 Å². The van der Waals surface area contributed by atoms with Crippen molar-refractivity contribution in [3.8, 4) is 0 Å². The van der Waals surface area contributed by atoms with E-state index in [1.54, 1.807) is 6.92 Å². The van der Waals surface area contributed by atoms with Crippen LogP contribution in [0.3, 0.4) is 0 Å². The lowest BCUT2D eigenvalue weighted by Gasteiger charge is -2.33. The number of carbonyl (C=O) groups is 2. The Labute approximate surface area is 184 Å². The number of nitrogens with zero attached hydrogens (tertiary/aromatic N) is 2. The van der Waals surface area contributed by atoms with Gasteiger partial charge in [0.2, 0.25) is 10.0 Å². The molecular weight excluding hydrogens is 449 g/mol. The molecular formula is C20H21ClFN3O5S. The Hall–Kier alpha value is -2.69. The van der Waals surface area contributed by atoms with E-state index in [4.69, 9.17) is 16.3 Å². The van der Waals surface area contributed by atoms with Gasteiger partial charge in [0, 0.05) is 36.8 Å². The number of rotatable bonds is 5. The predicted molar refractivity (Wildman–Crippen MR) is 113 cm³/mol. The normalized spacial score (nSPS) is 14.9. The monoisotopic (exact) mass is 469 g/mol. The van der Waals surface area contributed by atoms with Crippen LogP contribution >= 0.6 is 11.6 Å². The fourth-order valence-corrected chi connectivity index (χ4v) is 4.59. The molecule has 11 heteroatoms. The molecule has 3 rings (SSSR count). The number of hydrogen-bond acceptors (Lipinski definition) is 5. The maximum Gasteiger partial charge on any atom is 0.409 e. The van der Waals surface area contributed by atoms with Crippen molar-refractivity contribution in [2.24, 2.45) is 0 Å². The summed E-state index contributed by atoms with van der Waals surface area (Å²) in [6.07, 6.45) is -0.494. The number of halogens is 2. The van der Waals surface area contributed by atoms with Gasteiger partial charge in [-0.05, 0) is 49.4 Å². The molecule has 31 heavy (non-hydrogen) atoms. The number of hydrogen-bond donors (Lipinski definition) is 1. The van der Waals surface area contributed by atoms with Gasteiger partial charge in [-0.3, -0.25) is 4.79 Å².